The molecule has 3 rings (SSSR count). The molecule has 0 heterocycles. The van der Waals surface area contributed by atoms with Crippen molar-refractivity contribution in [3.05, 3.63) is 80.6 Å². The van der Waals surface area contributed by atoms with Crippen LogP contribution >= 0.6 is 11.8 Å². The molecule has 0 aliphatic carbocycles. The molecule has 0 radical (unpaired) electrons. The Bertz CT molecular complexity index is 913. The van der Waals surface area contributed by atoms with Crippen LogP contribution in [0, 0.1) is 0 Å². The number of hydrogen-bond donors (Lipinski definition) is 2. The van der Waals surface area contributed by atoms with Crippen LogP contribution in [0.25, 0.3) is 11.1 Å². The summed E-state index contributed by atoms with van der Waals surface area (Å²) in [5.74, 6) is 0. The highest BCUT2D eigenvalue weighted by atomic mass is 32.2. The molecule has 4 nitrogen and oxygen atoms in total. The number of hydrogen-bond acceptors (Lipinski definition) is 5. The van der Waals surface area contributed by atoms with Crippen molar-refractivity contribution in [3.63, 3.8) is 0 Å². The summed E-state index contributed by atoms with van der Waals surface area (Å²) < 4.78 is 0. The normalized spacial score (nSPS) is 12.2. The van der Waals surface area contributed by atoms with Gasteiger partial charge in [-0.1, -0.05) is 42.5 Å². The second kappa shape index (κ2) is 7.68. The zero-order chi connectivity index (χ0) is 17.8. The molecule has 0 aliphatic rings. The van der Waals surface area contributed by atoms with Gasteiger partial charge in [0.1, 0.15) is 0 Å². The van der Waals surface area contributed by atoms with Crippen molar-refractivity contribution in [2.75, 3.05) is 18.2 Å². The lowest BCUT2D eigenvalue weighted by Crippen LogP contribution is -2.40. The monoisotopic (exact) mass is 353 g/mol. The van der Waals surface area contributed by atoms with Gasteiger partial charge in [-0.15, -0.1) is 11.8 Å². The molecule has 0 aliphatic heterocycles. The van der Waals surface area contributed by atoms with Crippen molar-refractivity contribution in [2.24, 2.45) is 0 Å². The van der Waals surface area contributed by atoms with E-state index in [1.807, 2.05) is 60.9 Å². The molecule has 3 aromatic carbocycles. The average Bonchev–Trinajstić information content (AvgIpc) is 2.67. The lowest BCUT2D eigenvalue weighted by atomic mass is 9.97. The topological polar surface area (TPSA) is 66.4 Å². The van der Waals surface area contributed by atoms with E-state index in [4.69, 9.17) is 0 Å². The van der Waals surface area contributed by atoms with Gasteiger partial charge in [-0.3, -0.25) is 9.59 Å². The van der Waals surface area contributed by atoms with Crippen LogP contribution in [-0.2, 0) is 6.42 Å². The van der Waals surface area contributed by atoms with Crippen molar-refractivity contribution in [2.45, 2.75) is 17.4 Å². The quantitative estimate of drug-likeness (QED) is 0.505. The first-order valence-corrected chi connectivity index (χ1v) is 9.25. The van der Waals surface area contributed by atoms with E-state index in [1.165, 1.54) is 0 Å². The molecule has 1 atom stereocenters. The summed E-state index contributed by atoms with van der Waals surface area (Å²) in [5, 5.41) is 12.7. The highest BCUT2D eigenvalue weighted by Crippen LogP contribution is 2.26. The lowest BCUT2D eigenvalue weighted by Gasteiger charge is -2.21. The summed E-state index contributed by atoms with van der Waals surface area (Å²) in [4.78, 5) is 25.1. The Labute approximate surface area is 150 Å². The minimum Gasteiger partial charge on any atom is -0.394 e. The molecule has 0 fully saturated rings. The molecule has 0 spiro atoms. The van der Waals surface area contributed by atoms with Crippen LogP contribution in [0.5, 0.6) is 0 Å². The Morgan fingerprint density at radius 2 is 1.68 bits per heavy atom. The zero-order valence-electron chi connectivity index (χ0n) is 13.9. The van der Waals surface area contributed by atoms with Gasteiger partial charge in [0.25, 0.3) is 0 Å². The zero-order valence-corrected chi connectivity index (χ0v) is 14.7. The van der Waals surface area contributed by atoms with Gasteiger partial charge in [-0.2, -0.15) is 0 Å². The summed E-state index contributed by atoms with van der Waals surface area (Å²) in [7, 11) is 0. The molecule has 0 saturated carbocycles. The van der Waals surface area contributed by atoms with E-state index in [-0.39, 0.29) is 12.6 Å². The fraction of sp³-hybridized carbons (Fsp3) is 0.200. The Hall–Kier alpha value is -2.37. The lowest BCUT2D eigenvalue weighted by molar-refractivity contribution is 0.273. The van der Waals surface area contributed by atoms with Crippen molar-refractivity contribution >= 4 is 17.4 Å². The second-order valence-corrected chi connectivity index (χ2v) is 6.73. The van der Waals surface area contributed by atoms with Crippen LogP contribution < -0.4 is 16.2 Å². The smallest absolute Gasteiger partial charge is 0.250 e. The van der Waals surface area contributed by atoms with Gasteiger partial charge >= 0.3 is 0 Å². The molecule has 0 amide bonds. The molecule has 0 aromatic heterocycles. The van der Waals surface area contributed by atoms with E-state index >= 15 is 0 Å². The van der Waals surface area contributed by atoms with Gasteiger partial charge in [0.05, 0.1) is 23.9 Å². The first kappa shape index (κ1) is 17.5. The Balaban J connectivity index is 1.83. The van der Waals surface area contributed by atoms with Crippen LogP contribution in [0.15, 0.2) is 69.1 Å². The van der Waals surface area contributed by atoms with E-state index in [9.17, 15) is 14.7 Å². The van der Waals surface area contributed by atoms with Gasteiger partial charge in [0, 0.05) is 4.90 Å². The molecular weight excluding hydrogens is 334 g/mol. The number of aliphatic hydroxyl groups is 1. The van der Waals surface area contributed by atoms with Gasteiger partial charge in [-0.05, 0) is 35.9 Å². The van der Waals surface area contributed by atoms with Crippen molar-refractivity contribution < 1.29 is 5.11 Å². The first-order chi connectivity index (χ1) is 12.1. The van der Waals surface area contributed by atoms with E-state index in [0.29, 0.717) is 17.7 Å². The second-order valence-electron chi connectivity index (χ2n) is 5.85. The highest BCUT2D eigenvalue weighted by molar-refractivity contribution is 7.98. The SMILES string of the molecule is CSc1ccc(-c2c(NC(CO)Cc3ccccc3)c(=O)c2=O)cc1. The van der Waals surface area contributed by atoms with Gasteiger partial charge in [-0.25, -0.2) is 0 Å². The Morgan fingerprint density at radius 3 is 2.28 bits per heavy atom. The van der Waals surface area contributed by atoms with E-state index < -0.39 is 10.9 Å². The summed E-state index contributed by atoms with van der Waals surface area (Å²) in [6.07, 6.45) is 2.55. The summed E-state index contributed by atoms with van der Waals surface area (Å²) in [5.41, 5.74) is 1.49. The molecule has 0 bridgehead atoms. The number of anilines is 1. The summed E-state index contributed by atoms with van der Waals surface area (Å²) in [6, 6.07) is 16.9. The molecule has 2 N–H and O–H groups in total. The van der Waals surface area contributed by atoms with E-state index in [0.717, 1.165) is 16.0 Å². The molecule has 128 valence electrons. The summed E-state index contributed by atoms with van der Waals surface area (Å²) in [6.45, 7) is -0.126. The third-order valence-corrected chi connectivity index (χ3v) is 4.93. The minimum atomic E-state index is -0.518. The maximum absolute atomic E-state index is 12.0. The van der Waals surface area contributed by atoms with Crippen LogP contribution in [0.4, 0.5) is 5.69 Å². The van der Waals surface area contributed by atoms with E-state index in [1.54, 1.807) is 11.8 Å². The Morgan fingerprint density at radius 1 is 1.00 bits per heavy atom. The number of aliphatic hydroxyl groups excluding tert-OH is 1. The molecule has 3 aromatic rings. The largest absolute Gasteiger partial charge is 0.394 e. The number of thioether (sulfide) groups is 1. The predicted octanol–water partition coefficient (Wildman–Crippen LogP) is 2.69. The number of benzene rings is 2. The summed E-state index contributed by atoms with van der Waals surface area (Å²) >= 11 is 1.62. The third-order valence-electron chi connectivity index (χ3n) is 4.18. The number of nitrogens with one attached hydrogen (secondary N) is 1. The van der Waals surface area contributed by atoms with Crippen LogP contribution in [0.3, 0.4) is 0 Å². The first-order valence-electron chi connectivity index (χ1n) is 8.03. The fourth-order valence-electron chi connectivity index (χ4n) is 2.83. The average molecular weight is 353 g/mol. The molecule has 5 heteroatoms. The minimum absolute atomic E-state index is 0.126. The standard InChI is InChI=1S/C20H19NO3S/c1-25-16-9-7-14(8-10-16)17-18(20(24)19(17)23)21-15(12-22)11-13-5-3-2-4-6-13/h2-10,15,21-22H,11-12H2,1H3. The van der Waals surface area contributed by atoms with Gasteiger partial charge in [0.2, 0.25) is 10.9 Å². The van der Waals surface area contributed by atoms with Gasteiger partial charge < -0.3 is 10.4 Å². The number of rotatable bonds is 7. The Kier molecular flexibility index (Phi) is 5.36. The molecule has 0 saturated heterocycles. The maximum atomic E-state index is 12.0. The van der Waals surface area contributed by atoms with Crippen molar-refractivity contribution in [3.8, 4) is 11.1 Å². The third kappa shape index (κ3) is 3.67. The van der Waals surface area contributed by atoms with E-state index in [2.05, 4.69) is 5.32 Å². The van der Waals surface area contributed by atoms with Crippen LogP contribution in [0.2, 0.25) is 0 Å². The predicted molar refractivity (Wildman–Crippen MR) is 103 cm³/mol. The maximum Gasteiger partial charge on any atom is 0.250 e. The van der Waals surface area contributed by atoms with Crippen molar-refractivity contribution in [1.82, 2.24) is 0 Å². The van der Waals surface area contributed by atoms with Crippen LogP contribution in [-0.4, -0.2) is 24.0 Å². The van der Waals surface area contributed by atoms with Crippen LogP contribution in [0.1, 0.15) is 5.56 Å². The molecule has 25 heavy (non-hydrogen) atoms. The fourth-order valence-corrected chi connectivity index (χ4v) is 3.23. The molecular formula is C20H19NO3S. The van der Waals surface area contributed by atoms with Crippen molar-refractivity contribution in [1.29, 1.82) is 0 Å². The highest BCUT2D eigenvalue weighted by Gasteiger charge is 2.24. The molecule has 1 unspecified atom stereocenters. The van der Waals surface area contributed by atoms with Gasteiger partial charge in [0.15, 0.2) is 0 Å².